The van der Waals surface area contributed by atoms with Gasteiger partial charge in [0.05, 0.1) is 7.11 Å². The molecular weight excluding hydrogens is 170 g/mol. The molecule has 0 radical (unpaired) electrons. The number of esters is 1. The molecule has 0 aliphatic carbocycles. The van der Waals surface area contributed by atoms with Crippen LogP contribution in [0.15, 0.2) is 12.3 Å². The number of hydrogen-bond donors (Lipinski definition) is 1. The van der Waals surface area contributed by atoms with Gasteiger partial charge in [-0.25, -0.2) is 4.79 Å². The first kappa shape index (κ1) is 12.0. The predicted octanol–water partition coefficient (Wildman–Crippen LogP) is 1.04. The van der Waals surface area contributed by atoms with Crippen LogP contribution in [0.5, 0.6) is 0 Å². The van der Waals surface area contributed by atoms with E-state index in [0.717, 1.165) is 6.42 Å². The normalized spacial score (nSPS) is 11.9. The summed E-state index contributed by atoms with van der Waals surface area (Å²) in [5.74, 6) is -0.460. The zero-order valence-corrected chi connectivity index (χ0v) is 8.42. The second-order valence-corrected chi connectivity index (χ2v) is 2.47. The van der Waals surface area contributed by atoms with Gasteiger partial charge in [-0.05, 0) is 13.3 Å². The van der Waals surface area contributed by atoms with Crippen LogP contribution in [0, 0.1) is 0 Å². The van der Waals surface area contributed by atoms with Crippen LogP contribution >= 0.6 is 0 Å². The summed E-state index contributed by atoms with van der Waals surface area (Å²) >= 11 is 0. The molecule has 1 atom stereocenters. The summed E-state index contributed by atoms with van der Waals surface area (Å²) in [6.07, 6.45) is 0.598. The number of nitrogens with one attached hydrogen (secondary N) is 1. The zero-order chi connectivity index (χ0) is 10.3. The first-order valence-electron chi connectivity index (χ1n) is 4.31. The molecule has 0 aromatic rings. The van der Waals surface area contributed by atoms with Crippen LogP contribution < -0.4 is 5.32 Å². The molecular formula is C9H17NO3. The van der Waals surface area contributed by atoms with Crippen molar-refractivity contribution in [3.63, 3.8) is 0 Å². The van der Waals surface area contributed by atoms with Gasteiger partial charge in [0.15, 0.2) is 0 Å². The highest BCUT2D eigenvalue weighted by atomic mass is 16.5. The average molecular weight is 187 g/mol. The van der Waals surface area contributed by atoms with Gasteiger partial charge in [0, 0.05) is 6.61 Å². The van der Waals surface area contributed by atoms with Gasteiger partial charge in [-0.2, -0.15) is 0 Å². The highest BCUT2D eigenvalue weighted by Crippen LogP contribution is 1.98. The third kappa shape index (κ3) is 4.52. The number of carbonyl (C=O) groups is 1. The molecule has 0 aromatic heterocycles. The maximum atomic E-state index is 10.9. The molecule has 0 bridgehead atoms. The molecule has 4 heteroatoms. The van der Waals surface area contributed by atoms with E-state index in [9.17, 15) is 4.79 Å². The third-order valence-electron chi connectivity index (χ3n) is 1.51. The van der Waals surface area contributed by atoms with Crippen molar-refractivity contribution in [1.82, 2.24) is 5.32 Å². The number of rotatable bonds is 6. The lowest BCUT2D eigenvalue weighted by Crippen LogP contribution is -2.33. The molecule has 4 nitrogen and oxygen atoms in total. The van der Waals surface area contributed by atoms with Gasteiger partial charge >= 0.3 is 5.97 Å². The Hall–Kier alpha value is -1.03. The lowest BCUT2D eigenvalue weighted by molar-refractivity contribution is -0.137. The van der Waals surface area contributed by atoms with Crippen molar-refractivity contribution in [2.45, 2.75) is 26.5 Å². The number of methoxy groups -OCH3 is 1. The minimum Gasteiger partial charge on any atom is -0.464 e. The Balaban J connectivity index is 3.93. The Labute approximate surface area is 78.9 Å². The van der Waals surface area contributed by atoms with E-state index in [-0.39, 0.29) is 11.9 Å². The molecule has 1 unspecified atom stereocenters. The predicted molar refractivity (Wildman–Crippen MR) is 50.0 cm³/mol. The standard InChI is InChI=1S/C9H17NO3/c1-5-8(13-6-2)10-7(3)9(11)12-4/h8,10H,3,5-6H2,1-2,4H3. The molecule has 0 fully saturated rings. The molecule has 0 saturated heterocycles. The van der Waals surface area contributed by atoms with E-state index in [1.807, 2.05) is 13.8 Å². The highest BCUT2D eigenvalue weighted by Gasteiger charge is 2.11. The van der Waals surface area contributed by atoms with Gasteiger partial charge in [-0.15, -0.1) is 0 Å². The first-order chi connectivity index (χ1) is 6.15. The van der Waals surface area contributed by atoms with E-state index < -0.39 is 5.97 Å². The van der Waals surface area contributed by atoms with Crippen molar-refractivity contribution in [3.05, 3.63) is 12.3 Å². The fourth-order valence-corrected chi connectivity index (χ4v) is 0.839. The van der Waals surface area contributed by atoms with Gasteiger partial charge in [0.1, 0.15) is 11.9 Å². The molecule has 0 amide bonds. The van der Waals surface area contributed by atoms with Crippen LogP contribution in [-0.2, 0) is 14.3 Å². The second kappa shape index (κ2) is 6.48. The van der Waals surface area contributed by atoms with Crippen molar-refractivity contribution in [2.24, 2.45) is 0 Å². The second-order valence-electron chi connectivity index (χ2n) is 2.47. The van der Waals surface area contributed by atoms with Gasteiger partial charge in [-0.1, -0.05) is 13.5 Å². The Morgan fingerprint density at radius 2 is 2.15 bits per heavy atom. The van der Waals surface area contributed by atoms with E-state index in [1.165, 1.54) is 7.11 Å². The van der Waals surface area contributed by atoms with Crippen LogP contribution in [-0.4, -0.2) is 25.9 Å². The Morgan fingerprint density at radius 1 is 1.54 bits per heavy atom. The molecule has 0 rings (SSSR count). The zero-order valence-electron chi connectivity index (χ0n) is 8.42. The maximum absolute atomic E-state index is 10.9. The molecule has 13 heavy (non-hydrogen) atoms. The Bertz CT molecular complexity index is 180. The van der Waals surface area contributed by atoms with Crippen molar-refractivity contribution >= 4 is 5.97 Å². The summed E-state index contributed by atoms with van der Waals surface area (Å²) in [6, 6.07) is 0. The van der Waals surface area contributed by atoms with E-state index in [1.54, 1.807) is 0 Å². The summed E-state index contributed by atoms with van der Waals surface area (Å²) in [4.78, 5) is 10.9. The molecule has 76 valence electrons. The van der Waals surface area contributed by atoms with Crippen molar-refractivity contribution < 1.29 is 14.3 Å². The van der Waals surface area contributed by atoms with Crippen LogP contribution in [0.1, 0.15) is 20.3 Å². The van der Waals surface area contributed by atoms with E-state index in [4.69, 9.17) is 4.74 Å². The summed E-state index contributed by atoms with van der Waals surface area (Å²) in [7, 11) is 1.32. The van der Waals surface area contributed by atoms with Crippen molar-refractivity contribution in [3.8, 4) is 0 Å². The number of hydrogen-bond acceptors (Lipinski definition) is 4. The molecule has 1 N–H and O–H groups in total. The van der Waals surface area contributed by atoms with Crippen molar-refractivity contribution in [1.29, 1.82) is 0 Å². The van der Waals surface area contributed by atoms with Gasteiger partial charge < -0.3 is 14.8 Å². The van der Waals surface area contributed by atoms with Gasteiger partial charge in [-0.3, -0.25) is 0 Å². The summed E-state index contributed by atoms with van der Waals surface area (Å²) in [5, 5.41) is 2.83. The number of carbonyl (C=O) groups excluding carboxylic acids is 1. The minimum absolute atomic E-state index is 0.170. The Kier molecular flexibility index (Phi) is 5.97. The summed E-state index contributed by atoms with van der Waals surface area (Å²) in [6.45, 7) is 7.98. The lowest BCUT2D eigenvalue weighted by atomic mass is 10.4. The fourth-order valence-electron chi connectivity index (χ4n) is 0.839. The van der Waals surface area contributed by atoms with Gasteiger partial charge in [0.2, 0.25) is 0 Å². The monoisotopic (exact) mass is 187 g/mol. The lowest BCUT2D eigenvalue weighted by Gasteiger charge is -2.18. The van der Waals surface area contributed by atoms with E-state index in [2.05, 4.69) is 16.6 Å². The van der Waals surface area contributed by atoms with Crippen LogP contribution in [0.25, 0.3) is 0 Å². The number of ether oxygens (including phenoxy) is 2. The molecule has 0 aromatic carbocycles. The smallest absolute Gasteiger partial charge is 0.353 e. The molecule has 0 aliphatic heterocycles. The van der Waals surface area contributed by atoms with Gasteiger partial charge in [0.25, 0.3) is 0 Å². The topological polar surface area (TPSA) is 47.6 Å². The molecule has 0 aliphatic rings. The van der Waals surface area contributed by atoms with Crippen molar-refractivity contribution in [2.75, 3.05) is 13.7 Å². The molecule has 0 saturated carbocycles. The minimum atomic E-state index is -0.460. The third-order valence-corrected chi connectivity index (χ3v) is 1.51. The SMILES string of the molecule is C=C(NC(CC)OCC)C(=O)OC. The fraction of sp³-hybridized carbons (Fsp3) is 0.667. The van der Waals surface area contributed by atoms with E-state index in [0.29, 0.717) is 6.61 Å². The maximum Gasteiger partial charge on any atom is 0.353 e. The molecule has 0 heterocycles. The summed E-state index contributed by atoms with van der Waals surface area (Å²) < 4.78 is 9.76. The average Bonchev–Trinajstić information content (AvgIpc) is 2.15. The molecule has 0 spiro atoms. The highest BCUT2D eigenvalue weighted by molar-refractivity contribution is 5.86. The van der Waals surface area contributed by atoms with Crippen LogP contribution in [0.3, 0.4) is 0 Å². The van der Waals surface area contributed by atoms with Crippen LogP contribution in [0.4, 0.5) is 0 Å². The first-order valence-corrected chi connectivity index (χ1v) is 4.31. The summed E-state index contributed by atoms with van der Waals surface area (Å²) in [5.41, 5.74) is 0.225. The Morgan fingerprint density at radius 3 is 2.54 bits per heavy atom. The van der Waals surface area contributed by atoms with Crippen LogP contribution in [0.2, 0.25) is 0 Å². The quantitative estimate of drug-likeness (QED) is 0.383. The largest absolute Gasteiger partial charge is 0.464 e. The van der Waals surface area contributed by atoms with E-state index >= 15 is 0 Å².